The summed E-state index contributed by atoms with van der Waals surface area (Å²) in [4.78, 5) is 1.06. The van der Waals surface area contributed by atoms with Crippen molar-refractivity contribution in [2.45, 2.75) is 24.3 Å². The Labute approximate surface area is 121 Å². The van der Waals surface area contributed by atoms with Gasteiger partial charge in [-0.3, -0.25) is 0 Å². The molecule has 0 aliphatic heterocycles. The zero-order chi connectivity index (χ0) is 14.8. The van der Waals surface area contributed by atoms with Gasteiger partial charge in [-0.2, -0.15) is 0 Å². The fraction of sp³-hybridized carbons (Fsp3) is 0.231. The molecule has 2 rings (SSSR count). The van der Waals surface area contributed by atoms with E-state index in [1.165, 1.54) is 6.07 Å². The van der Waals surface area contributed by atoms with Crippen LogP contribution in [0.4, 0.5) is 10.1 Å². The lowest BCUT2D eigenvalue weighted by Gasteiger charge is -2.13. The highest BCUT2D eigenvalue weighted by Gasteiger charge is 2.18. The summed E-state index contributed by atoms with van der Waals surface area (Å²) in [5, 5.41) is 1.94. The summed E-state index contributed by atoms with van der Waals surface area (Å²) in [5.74, 6) is -0.629. The van der Waals surface area contributed by atoms with Crippen molar-refractivity contribution in [3.8, 4) is 0 Å². The zero-order valence-electron chi connectivity index (χ0n) is 10.8. The monoisotopic (exact) mass is 314 g/mol. The first-order valence-corrected chi connectivity index (χ1v) is 8.34. The van der Waals surface area contributed by atoms with Crippen LogP contribution in [0.1, 0.15) is 11.8 Å². The van der Waals surface area contributed by atoms with Crippen molar-refractivity contribution in [3.05, 3.63) is 46.4 Å². The highest BCUT2D eigenvalue weighted by Crippen LogP contribution is 2.18. The van der Waals surface area contributed by atoms with Gasteiger partial charge in [-0.25, -0.2) is 17.5 Å². The van der Waals surface area contributed by atoms with Crippen LogP contribution in [0.5, 0.6) is 0 Å². The third-order valence-corrected chi connectivity index (χ3v) is 5.21. The van der Waals surface area contributed by atoms with Gasteiger partial charge in [-0.15, -0.1) is 11.3 Å². The maximum absolute atomic E-state index is 13.1. The van der Waals surface area contributed by atoms with Gasteiger partial charge in [0.25, 0.3) is 0 Å². The maximum atomic E-state index is 13.1. The molecule has 20 heavy (non-hydrogen) atoms. The maximum Gasteiger partial charge on any atom is 0.240 e. The molecule has 1 aromatic carbocycles. The second-order valence-electron chi connectivity index (χ2n) is 4.49. The Kier molecular flexibility index (Phi) is 4.42. The van der Waals surface area contributed by atoms with Crippen molar-refractivity contribution in [1.29, 1.82) is 0 Å². The minimum atomic E-state index is -3.69. The summed E-state index contributed by atoms with van der Waals surface area (Å²) in [5.41, 5.74) is 5.21. The Hall–Kier alpha value is -1.44. The van der Waals surface area contributed by atoms with Crippen LogP contribution in [0.3, 0.4) is 0 Å². The Balaban J connectivity index is 2.12. The van der Waals surface area contributed by atoms with E-state index in [4.69, 9.17) is 5.73 Å². The highest BCUT2D eigenvalue weighted by molar-refractivity contribution is 7.89. The van der Waals surface area contributed by atoms with Crippen molar-refractivity contribution >= 4 is 27.0 Å². The third kappa shape index (κ3) is 3.56. The van der Waals surface area contributed by atoms with E-state index < -0.39 is 15.8 Å². The summed E-state index contributed by atoms with van der Waals surface area (Å²) in [7, 11) is -3.69. The molecule has 1 unspecified atom stereocenters. The molecule has 3 N–H and O–H groups in total. The molecule has 7 heteroatoms. The number of nitrogens with one attached hydrogen (secondary N) is 1. The Morgan fingerprint density at radius 3 is 2.75 bits per heavy atom. The number of halogens is 1. The van der Waals surface area contributed by atoms with Gasteiger partial charge in [0, 0.05) is 10.9 Å². The number of rotatable bonds is 5. The van der Waals surface area contributed by atoms with E-state index in [9.17, 15) is 12.8 Å². The first-order chi connectivity index (χ1) is 9.38. The number of nitrogens with two attached hydrogens (primary N) is 1. The SMILES string of the molecule is CC(Cc1cccs1)NS(=O)(=O)c1ccc(F)c(N)c1. The number of benzene rings is 1. The first kappa shape index (κ1) is 15.0. The van der Waals surface area contributed by atoms with Crippen LogP contribution in [0.2, 0.25) is 0 Å². The van der Waals surface area contributed by atoms with E-state index in [1.807, 2.05) is 17.5 Å². The van der Waals surface area contributed by atoms with Gasteiger partial charge in [0.1, 0.15) is 5.82 Å². The van der Waals surface area contributed by atoms with Gasteiger partial charge in [-0.05, 0) is 43.0 Å². The predicted molar refractivity (Wildman–Crippen MR) is 78.6 cm³/mol. The summed E-state index contributed by atoms with van der Waals surface area (Å²) in [6.45, 7) is 1.78. The van der Waals surface area contributed by atoms with E-state index in [2.05, 4.69) is 4.72 Å². The lowest BCUT2D eigenvalue weighted by Crippen LogP contribution is -2.34. The molecule has 0 saturated carbocycles. The van der Waals surface area contributed by atoms with Gasteiger partial charge in [0.15, 0.2) is 0 Å². The lowest BCUT2D eigenvalue weighted by molar-refractivity contribution is 0.560. The molecule has 0 aliphatic rings. The molecule has 0 fully saturated rings. The second-order valence-corrected chi connectivity index (χ2v) is 7.24. The van der Waals surface area contributed by atoms with Crippen molar-refractivity contribution in [2.75, 3.05) is 5.73 Å². The molecule has 4 nitrogen and oxygen atoms in total. The molecule has 108 valence electrons. The van der Waals surface area contributed by atoms with Crippen LogP contribution in [0, 0.1) is 5.82 Å². The van der Waals surface area contributed by atoms with E-state index in [-0.39, 0.29) is 16.6 Å². The smallest absolute Gasteiger partial charge is 0.240 e. The highest BCUT2D eigenvalue weighted by atomic mass is 32.2. The van der Waals surface area contributed by atoms with Crippen LogP contribution >= 0.6 is 11.3 Å². The first-order valence-electron chi connectivity index (χ1n) is 5.98. The van der Waals surface area contributed by atoms with Gasteiger partial charge < -0.3 is 5.73 Å². The van der Waals surface area contributed by atoms with Crippen molar-refractivity contribution in [2.24, 2.45) is 0 Å². The summed E-state index contributed by atoms with van der Waals surface area (Å²) in [6, 6.07) is 6.98. The molecule has 0 saturated heterocycles. The molecular weight excluding hydrogens is 299 g/mol. The molecule has 0 amide bonds. The summed E-state index contributed by atoms with van der Waals surface area (Å²) < 4.78 is 39.9. The number of hydrogen-bond donors (Lipinski definition) is 2. The standard InChI is InChI=1S/C13H15FN2O2S2/c1-9(7-10-3-2-6-19-10)16-20(17,18)11-4-5-12(14)13(15)8-11/h2-6,8-9,16H,7,15H2,1H3. The minimum Gasteiger partial charge on any atom is -0.396 e. The average Bonchev–Trinajstić information content (AvgIpc) is 2.84. The molecule has 1 heterocycles. The Bertz CT molecular complexity index is 684. The van der Waals surface area contributed by atoms with E-state index in [0.717, 1.165) is 17.0 Å². The van der Waals surface area contributed by atoms with Gasteiger partial charge in [-0.1, -0.05) is 6.07 Å². The summed E-state index contributed by atoms with van der Waals surface area (Å²) >= 11 is 1.57. The van der Waals surface area contributed by atoms with Crippen LogP contribution in [0.15, 0.2) is 40.6 Å². The molecule has 2 aromatic rings. The predicted octanol–water partition coefficient (Wildman–Crippen LogP) is 2.38. The molecular formula is C13H15FN2O2S2. The third-order valence-electron chi connectivity index (χ3n) is 2.72. The number of hydrogen-bond acceptors (Lipinski definition) is 4. The molecule has 0 spiro atoms. The van der Waals surface area contributed by atoms with E-state index in [1.54, 1.807) is 18.3 Å². The summed E-state index contributed by atoms with van der Waals surface area (Å²) in [6.07, 6.45) is 0.605. The molecule has 0 bridgehead atoms. The fourth-order valence-electron chi connectivity index (χ4n) is 1.79. The minimum absolute atomic E-state index is 0.0329. The zero-order valence-corrected chi connectivity index (χ0v) is 12.5. The van der Waals surface area contributed by atoms with E-state index >= 15 is 0 Å². The van der Waals surface area contributed by atoms with Crippen LogP contribution < -0.4 is 10.5 Å². The normalized spacial score (nSPS) is 13.3. The van der Waals surface area contributed by atoms with Crippen LogP contribution in [0.25, 0.3) is 0 Å². The molecule has 0 radical (unpaired) electrons. The van der Waals surface area contributed by atoms with Gasteiger partial charge in [0.2, 0.25) is 10.0 Å². The topological polar surface area (TPSA) is 72.2 Å². The van der Waals surface area contributed by atoms with Crippen LogP contribution in [-0.4, -0.2) is 14.5 Å². The quantitative estimate of drug-likeness (QED) is 0.832. The Morgan fingerprint density at radius 1 is 1.40 bits per heavy atom. The molecule has 1 atom stereocenters. The Morgan fingerprint density at radius 2 is 2.15 bits per heavy atom. The van der Waals surface area contributed by atoms with Gasteiger partial charge in [0.05, 0.1) is 10.6 Å². The van der Waals surface area contributed by atoms with E-state index in [0.29, 0.717) is 6.42 Å². The van der Waals surface area contributed by atoms with Crippen molar-refractivity contribution in [1.82, 2.24) is 4.72 Å². The number of sulfonamides is 1. The van der Waals surface area contributed by atoms with Crippen molar-refractivity contribution < 1.29 is 12.8 Å². The lowest BCUT2D eigenvalue weighted by atomic mass is 10.2. The van der Waals surface area contributed by atoms with Crippen molar-refractivity contribution in [3.63, 3.8) is 0 Å². The largest absolute Gasteiger partial charge is 0.396 e. The molecule has 1 aromatic heterocycles. The number of nitrogen functional groups attached to an aromatic ring is 1. The average molecular weight is 314 g/mol. The van der Waals surface area contributed by atoms with Gasteiger partial charge >= 0.3 is 0 Å². The second kappa shape index (κ2) is 5.90. The number of thiophene rings is 1. The fourth-order valence-corrected chi connectivity index (χ4v) is 3.91. The molecule has 0 aliphatic carbocycles. The number of anilines is 1. The van der Waals surface area contributed by atoms with Crippen LogP contribution in [-0.2, 0) is 16.4 Å².